The van der Waals surface area contributed by atoms with Crippen molar-refractivity contribution in [3.63, 3.8) is 0 Å². The van der Waals surface area contributed by atoms with E-state index in [9.17, 15) is 0 Å². The van der Waals surface area contributed by atoms with Crippen LogP contribution in [0.15, 0.2) is 4.99 Å². The fraction of sp³-hybridized carbons (Fsp3) is 0.933. The maximum Gasteiger partial charge on any atom is 0.246 e. The first kappa shape index (κ1) is 12.8. The van der Waals surface area contributed by atoms with E-state index in [0.717, 1.165) is 11.0 Å². The predicted molar refractivity (Wildman–Crippen MR) is 78.2 cm³/mol. The lowest BCUT2D eigenvalue weighted by molar-refractivity contribution is 0.00300. The molecule has 0 saturated heterocycles. The van der Waals surface area contributed by atoms with E-state index in [1.807, 2.05) is 0 Å². The van der Waals surface area contributed by atoms with Crippen LogP contribution in [0.1, 0.15) is 64.7 Å². The van der Waals surface area contributed by atoms with Gasteiger partial charge in [0.05, 0.1) is 5.54 Å². The van der Waals surface area contributed by atoms with Gasteiger partial charge in [-0.1, -0.05) is 44.4 Å². The molecule has 0 radical (unpaired) electrons. The van der Waals surface area contributed by atoms with Crippen molar-refractivity contribution in [3.05, 3.63) is 0 Å². The minimum absolute atomic E-state index is 0.263. The van der Waals surface area contributed by atoms with Gasteiger partial charge in [-0.05, 0) is 37.9 Å². The molecule has 0 amide bonds. The van der Waals surface area contributed by atoms with Crippen molar-refractivity contribution >= 4 is 17.0 Å². The summed E-state index contributed by atoms with van der Waals surface area (Å²) in [5.41, 5.74) is 0.263. The first-order valence-electron chi connectivity index (χ1n) is 7.73. The van der Waals surface area contributed by atoms with Gasteiger partial charge in [0.1, 0.15) is 6.10 Å². The second-order valence-electron chi connectivity index (χ2n) is 6.02. The minimum atomic E-state index is 0.263. The molecule has 0 bridgehead atoms. The Morgan fingerprint density at radius 3 is 2.72 bits per heavy atom. The molecule has 2 fully saturated rings. The fourth-order valence-corrected chi connectivity index (χ4v) is 4.79. The van der Waals surface area contributed by atoms with E-state index in [2.05, 4.69) is 6.92 Å². The standard InChI is InChI=1S/C15H25NOS/c1-2-18-14-16-15(10-6-3-7-11-15)12-8-4-5-9-13(12)17-14/h12-13H,2-11H2,1H3/t12-,13-/m0/s1. The molecule has 102 valence electrons. The van der Waals surface area contributed by atoms with Gasteiger partial charge >= 0.3 is 0 Å². The third-order valence-corrected chi connectivity index (χ3v) is 5.67. The van der Waals surface area contributed by atoms with Gasteiger partial charge in [0.2, 0.25) is 5.23 Å². The maximum atomic E-state index is 6.17. The lowest BCUT2D eigenvalue weighted by atomic mass is 9.66. The van der Waals surface area contributed by atoms with E-state index in [4.69, 9.17) is 9.73 Å². The number of hydrogen-bond donors (Lipinski definition) is 0. The van der Waals surface area contributed by atoms with Crippen LogP contribution in [0.4, 0.5) is 0 Å². The number of aliphatic imine (C=N–C) groups is 1. The fourth-order valence-electron chi connectivity index (χ4n) is 4.11. The molecule has 0 unspecified atom stereocenters. The molecule has 1 spiro atoms. The molecule has 3 aliphatic rings. The predicted octanol–water partition coefficient (Wildman–Crippen LogP) is 4.39. The quantitative estimate of drug-likeness (QED) is 0.703. The number of nitrogens with zero attached hydrogens (tertiary/aromatic N) is 1. The van der Waals surface area contributed by atoms with Crippen molar-refractivity contribution in [1.82, 2.24) is 0 Å². The van der Waals surface area contributed by atoms with E-state index >= 15 is 0 Å². The number of ether oxygens (including phenoxy) is 1. The Morgan fingerprint density at radius 1 is 1.17 bits per heavy atom. The van der Waals surface area contributed by atoms with Gasteiger partial charge < -0.3 is 4.74 Å². The molecular formula is C15H25NOS. The number of thioether (sulfide) groups is 1. The van der Waals surface area contributed by atoms with Crippen molar-refractivity contribution in [1.29, 1.82) is 0 Å². The number of fused-ring (bicyclic) bond motifs is 2. The van der Waals surface area contributed by atoms with E-state index in [0.29, 0.717) is 12.0 Å². The van der Waals surface area contributed by atoms with Crippen LogP contribution < -0.4 is 0 Å². The molecule has 18 heavy (non-hydrogen) atoms. The maximum absolute atomic E-state index is 6.17. The monoisotopic (exact) mass is 267 g/mol. The highest BCUT2D eigenvalue weighted by molar-refractivity contribution is 8.13. The third-order valence-electron chi connectivity index (χ3n) is 4.95. The molecule has 2 aliphatic carbocycles. The van der Waals surface area contributed by atoms with E-state index in [-0.39, 0.29) is 5.54 Å². The van der Waals surface area contributed by atoms with Gasteiger partial charge in [-0.2, -0.15) is 0 Å². The molecule has 1 heterocycles. The van der Waals surface area contributed by atoms with Gasteiger partial charge in [0, 0.05) is 5.92 Å². The Kier molecular flexibility index (Phi) is 3.88. The lowest BCUT2D eigenvalue weighted by Gasteiger charge is -2.49. The summed E-state index contributed by atoms with van der Waals surface area (Å²) in [4.78, 5) is 5.10. The SMILES string of the molecule is CCSC1=NC2(CCCCC2)[C@H]2CCCC[C@@H]2O1. The normalized spacial score (nSPS) is 34.6. The summed E-state index contributed by atoms with van der Waals surface area (Å²) >= 11 is 1.80. The van der Waals surface area contributed by atoms with Crippen LogP contribution in [-0.2, 0) is 4.74 Å². The molecule has 1 aliphatic heterocycles. The smallest absolute Gasteiger partial charge is 0.246 e. The highest BCUT2D eigenvalue weighted by atomic mass is 32.2. The van der Waals surface area contributed by atoms with Crippen LogP contribution in [0.3, 0.4) is 0 Å². The highest BCUT2D eigenvalue weighted by Gasteiger charge is 2.48. The zero-order chi connectivity index (χ0) is 12.4. The minimum Gasteiger partial charge on any atom is -0.469 e. The summed E-state index contributed by atoms with van der Waals surface area (Å²) in [5, 5.41) is 1.00. The zero-order valence-electron chi connectivity index (χ0n) is 11.5. The third kappa shape index (κ3) is 2.31. The van der Waals surface area contributed by atoms with Gasteiger partial charge in [0.15, 0.2) is 0 Å². The van der Waals surface area contributed by atoms with Crippen LogP contribution in [-0.4, -0.2) is 22.6 Å². The van der Waals surface area contributed by atoms with E-state index in [1.165, 1.54) is 57.8 Å². The Morgan fingerprint density at radius 2 is 1.94 bits per heavy atom. The Hall–Kier alpha value is -0.180. The lowest BCUT2D eigenvalue weighted by Crippen LogP contribution is -2.51. The molecule has 0 aromatic carbocycles. The summed E-state index contributed by atoms with van der Waals surface area (Å²) in [6.07, 6.45) is 12.6. The van der Waals surface area contributed by atoms with Gasteiger partial charge in [-0.3, -0.25) is 0 Å². The van der Waals surface area contributed by atoms with Crippen molar-refractivity contribution in [2.75, 3.05) is 5.75 Å². The average Bonchev–Trinajstić information content (AvgIpc) is 2.40. The van der Waals surface area contributed by atoms with Crippen molar-refractivity contribution in [3.8, 4) is 0 Å². The molecule has 2 nitrogen and oxygen atoms in total. The summed E-state index contributed by atoms with van der Waals surface area (Å²) < 4.78 is 6.17. The highest BCUT2D eigenvalue weighted by Crippen LogP contribution is 2.48. The number of hydrogen-bond acceptors (Lipinski definition) is 3. The Bertz CT molecular complexity index is 322. The van der Waals surface area contributed by atoms with Gasteiger partial charge in [0.25, 0.3) is 0 Å². The molecule has 3 heteroatoms. The van der Waals surface area contributed by atoms with Crippen molar-refractivity contribution in [2.24, 2.45) is 10.9 Å². The molecule has 0 aromatic rings. The molecule has 0 N–H and O–H groups in total. The van der Waals surface area contributed by atoms with Gasteiger partial charge in [-0.15, -0.1) is 0 Å². The summed E-state index contributed by atoms with van der Waals surface area (Å²) in [5.74, 6) is 1.79. The Labute approximate surface area is 115 Å². The van der Waals surface area contributed by atoms with Crippen LogP contribution >= 0.6 is 11.8 Å². The van der Waals surface area contributed by atoms with E-state index < -0.39 is 0 Å². The largest absolute Gasteiger partial charge is 0.469 e. The van der Waals surface area contributed by atoms with Crippen molar-refractivity contribution in [2.45, 2.75) is 76.4 Å². The summed E-state index contributed by atoms with van der Waals surface area (Å²) in [6.45, 7) is 2.19. The molecule has 2 saturated carbocycles. The van der Waals surface area contributed by atoms with Gasteiger partial charge in [-0.25, -0.2) is 4.99 Å². The molecule has 2 atom stereocenters. The second-order valence-corrected chi connectivity index (χ2v) is 7.24. The van der Waals surface area contributed by atoms with E-state index in [1.54, 1.807) is 11.8 Å². The zero-order valence-corrected chi connectivity index (χ0v) is 12.3. The average molecular weight is 267 g/mol. The van der Waals surface area contributed by atoms with Crippen LogP contribution in [0.25, 0.3) is 0 Å². The van der Waals surface area contributed by atoms with Crippen LogP contribution in [0.5, 0.6) is 0 Å². The summed E-state index contributed by atoms with van der Waals surface area (Å²) in [6, 6.07) is 0. The first-order chi connectivity index (χ1) is 8.84. The van der Waals surface area contributed by atoms with Crippen molar-refractivity contribution < 1.29 is 4.74 Å². The molecular weight excluding hydrogens is 242 g/mol. The van der Waals surface area contributed by atoms with Crippen LogP contribution in [0.2, 0.25) is 0 Å². The first-order valence-corrected chi connectivity index (χ1v) is 8.72. The number of rotatable bonds is 1. The topological polar surface area (TPSA) is 21.6 Å². The van der Waals surface area contributed by atoms with Crippen LogP contribution in [0, 0.1) is 5.92 Å². The Balaban J connectivity index is 1.87. The molecule has 0 aromatic heterocycles. The second kappa shape index (κ2) is 5.44. The summed E-state index contributed by atoms with van der Waals surface area (Å²) in [7, 11) is 0. The molecule has 3 rings (SSSR count).